The summed E-state index contributed by atoms with van der Waals surface area (Å²) in [5.41, 5.74) is -1.81. The highest BCUT2D eigenvalue weighted by molar-refractivity contribution is 6.51. The van der Waals surface area contributed by atoms with E-state index in [1.165, 1.54) is 48.5 Å². The minimum atomic E-state index is -4.71. The molecule has 1 aliphatic rings. The number of benzene rings is 3. The third kappa shape index (κ3) is 4.09. The number of aliphatic hydroxyl groups excluding tert-OH is 1. The number of halogens is 5. The first-order chi connectivity index (χ1) is 15.6. The maximum absolute atomic E-state index is 14.8. The van der Waals surface area contributed by atoms with Crippen molar-refractivity contribution in [2.45, 2.75) is 12.2 Å². The van der Waals surface area contributed by atoms with Crippen LogP contribution in [0.2, 0.25) is 5.02 Å². The molecule has 4 rings (SSSR count). The Kier molecular flexibility index (Phi) is 5.71. The highest BCUT2D eigenvalue weighted by atomic mass is 35.5. The van der Waals surface area contributed by atoms with E-state index >= 15 is 0 Å². The molecule has 1 unspecified atom stereocenters. The van der Waals surface area contributed by atoms with E-state index in [4.69, 9.17) is 11.6 Å². The zero-order valence-corrected chi connectivity index (χ0v) is 17.4. The van der Waals surface area contributed by atoms with Gasteiger partial charge in [-0.1, -0.05) is 35.9 Å². The second-order valence-electron chi connectivity index (χ2n) is 7.25. The molecule has 1 N–H and O–H groups in total. The lowest BCUT2D eigenvalue weighted by atomic mass is 9.94. The number of amides is 1. The Hall–Kier alpha value is -3.65. The van der Waals surface area contributed by atoms with Gasteiger partial charge in [0.25, 0.3) is 11.7 Å². The highest BCUT2D eigenvalue weighted by Crippen LogP contribution is 2.44. The zero-order valence-electron chi connectivity index (χ0n) is 16.6. The van der Waals surface area contributed by atoms with Crippen LogP contribution in [0.5, 0.6) is 0 Å². The number of anilines is 1. The van der Waals surface area contributed by atoms with Gasteiger partial charge in [0.1, 0.15) is 11.6 Å². The third-order valence-corrected chi connectivity index (χ3v) is 5.47. The number of hydrogen-bond donors (Lipinski definition) is 1. The van der Waals surface area contributed by atoms with Gasteiger partial charge in [0, 0.05) is 21.8 Å². The Morgan fingerprint density at radius 1 is 0.939 bits per heavy atom. The average Bonchev–Trinajstić information content (AvgIpc) is 3.04. The first-order valence-electron chi connectivity index (χ1n) is 9.58. The topological polar surface area (TPSA) is 57.6 Å². The molecule has 3 aromatic rings. The number of nitrogens with zero attached hydrogens (tertiary/aromatic N) is 1. The van der Waals surface area contributed by atoms with Crippen molar-refractivity contribution in [3.8, 4) is 0 Å². The van der Waals surface area contributed by atoms with Gasteiger partial charge in [0.2, 0.25) is 0 Å². The Morgan fingerprint density at radius 2 is 1.61 bits per heavy atom. The number of Topliss-reactive ketones (excluding diaryl/α,β-unsaturated/α-hetero) is 1. The Balaban J connectivity index is 1.97. The normalized spacial score (nSPS) is 18.1. The van der Waals surface area contributed by atoms with Crippen LogP contribution in [0.15, 0.2) is 78.4 Å². The van der Waals surface area contributed by atoms with Crippen LogP contribution in [0.4, 0.5) is 23.2 Å². The molecular formula is C24H14ClF4NO3. The van der Waals surface area contributed by atoms with Gasteiger partial charge in [-0.15, -0.1) is 0 Å². The summed E-state index contributed by atoms with van der Waals surface area (Å²) < 4.78 is 54.6. The summed E-state index contributed by atoms with van der Waals surface area (Å²) in [5.74, 6) is -3.76. The van der Waals surface area contributed by atoms with Gasteiger partial charge >= 0.3 is 6.18 Å². The van der Waals surface area contributed by atoms with Crippen molar-refractivity contribution in [1.82, 2.24) is 0 Å². The molecule has 1 amide bonds. The van der Waals surface area contributed by atoms with Gasteiger partial charge < -0.3 is 5.11 Å². The smallest absolute Gasteiger partial charge is 0.416 e. The number of aliphatic hydroxyl groups is 1. The second kappa shape index (κ2) is 8.37. The summed E-state index contributed by atoms with van der Waals surface area (Å²) in [6.07, 6.45) is -4.71. The van der Waals surface area contributed by atoms with Crippen LogP contribution >= 0.6 is 11.6 Å². The molecule has 33 heavy (non-hydrogen) atoms. The van der Waals surface area contributed by atoms with E-state index in [1.807, 2.05) is 0 Å². The quantitative estimate of drug-likeness (QED) is 0.215. The summed E-state index contributed by atoms with van der Waals surface area (Å²) in [6.45, 7) is 0. The lowest BCUT2D eigenvalue weighted by Gasteiger charge is -2.26. The first-order valence-corrected chi connectivity index (χ1v) is 9.96. The molecule has 1 atom stereocenters. The molecule has 1 fully saturated rings. The SMILES string of the molecule is O=C1C(=O)N(c2cccc(C(F)(F)F)c2)C(c2ccccc2F)/C1=C(\O)c1ccc(Cl)cc1. The zero-order chi connectivity index (χ0) is 23.9. The predicted molar refractivity (Wildman–Crippen MR) is 114 cm³/mol. The van der Waals surface area contributed by atoms with Crippen LogP contribution in [-0.2, 0) is 15.8 Å². The Morgan fingerprint density at radius 3 is 2.24 bits per heavy atom. The van der Waals surface area contributed by atoms with Crippen LogP contribution in [0.25, 0.3) is 5.76 Å². The largest absolute Gasteiger partial charge is 0.507 e. The van der Waals surface area contributed by atoms with E-state index in [0.717, 1.165) is 23.1 Å². The standard InChI is InChI=1S/C24H14ClF4NO3/c25-15-10-8-13(9-11-15)21(31)19-20(17-6-1-2-7-18(17)26)30(23(33)22(19)32)16-5-3-4-14(12-16)24(27,28)29/h1-12,20,31H/b21-19+. The molecule has 1 heterocycles. The molecule has 9 heteroatoms. The van der Waals surface area contributed by atoms with Crippen molar-refractivity contribution in [3.05, 3.63) is 106 Å². The molecular weight excluding hydrogens is 462 g/mol. The Labute approximate surface area is 190 Å². The van der Waals surface area contributed by atoms with E-state index in [9.17, 15) is 32.3 Å². The summed E-state index contributed by atoms with van der Waals surface area (Å²) in [7, 11) is 0. The lowest BCUT2D eigenvalue weighted by Crippen LogP contribution is -2.30. The third-order valence-electron chi connectivity index (χ3n) is 5.21. The number of carbonyl (C=O) groups is 2. The molecule has 0 bridgehead atoms. The van der Waals surface area contributed by atoms with Crippen molar-refractivity contribution < 1.29 is 32.3 Å². The fourth-order valence-electron chi connectivity index (χ4n) is 3.69. The van der Waals surface area contributed by atoms with E-state index < -0.39 is 46.6 Å². The van der Waals surface area contributed by atoms with Gasteiger partial charge in [-0.3, -0.25) is 14.5 Å². The van der Waals surface area contributed by atoms with Gasteiger partial charge in [-0.2, -0.15) is 13.2 Å². The van der Waals surface area contributed by atoms with Crippen molar-refractivity contribution in [2.75, 3.05) is 4.90 Å². The van der Waals surface area contributed by atoms with Gasteiger partial charge in [0.05, 0.1) is 17.2 Å². The molecule has 0 saturated carbocycles. The van der Waals surface area contributed by atoms with E-state index in [-0.39, 0.29) is 16.8 Å². The van der Waals surface area contributed by atoms with Crippen LogP contribution in [0.1, 0.15) is 22.7 Å². The fourth-order valence-corrected chi connectivity index (χ4v) is 3.81. The van der Waals surface area contributed by atoms with Crippen molar-refractivity contribution in [1.29, 1.82) is 0 Å². The lowest BCUT2D eigenvalue weighted by molar-refractivity contribution is -0.137. The summed E-state index contributed by atoms with van der Waals surface area (Å²) >= 11 is 5.86. The molecule has 3 aromatic carbocycles. The fraction of sp³-hybridized carbons (Fsp3) is 0.0833. The maximum Gasteiger partial charge on any atom is 0.416 e. The molecule has 168 valence electrons. The minimum Gasteiger partial charge on any atom is -0.507 e. The van der Waals surface area contributed by atoms with E-state index in [1.54, 1.807) is 0 Å². The Bertz CT molecular complexity index is 1290. The van der Waals surface area contributed by atoms with Crippen molar-refractivity contribution in [3.63, 3.8) is 0 Å². The summed E-state index contributed by atoms with van der Waals surface area (Å²) in [4.78, 5) is 26.7. The van der Waals surface area contributed by atoms with E-state index in [2.05, 4.69) is 0 Å². The minimum absolute atomic E-state index is 0.128. The molecule has 0 spiro atoms. The number of hydrogen-bond acceptors (Lipinski definition) is 3. The van der Waals surface area contributed by atoms with E-state index in [0.29, 0.717) is 11.1 Å². The molecule has 0 aromatic heterocycles. The maximum atomic E-state index is 14.8. The molecule has 4 nitrogen and oxygen atoms in total. The van der Waals surface area contributed by atoms with Crippen LogP contribution in [-0.4, -0.2) is 16.8 Å². The molecule has 1 aliphatic heterocycles. The average molecular weight is 476 g/mol. The monoisotopic (exact) mass is 475 g/mol. The van der Waals surface area contributed by atoms with Crippen molar-refractivity contribution in [2.24, 2.45) is 0 Å². The van der Waals surface area contributed by atoms with Gasteiger partial charge in [0.15, 0.2) is 0 Å². The van der Waals surface area contributed by atoms with Crippen LogP contribution in [0, 0.1) is 5.82 Å². The summed E-state index contributed by atoms with van der Waals surface area (Å²) in [6, 6.07) is 13.2. The predicted octanol–water partition coefficient (Wildman–Crippen LogP) is 6.12. The number of ketones is 1. The molecule has 1 saturated heterocycles. The number of rotatable bonds is 3. The second-order valence-corrected chi connectivity index (χ2v) is 7.68. The molecule has 0 radical (unpaired) electrons. The van der Waals surface area contributed by atoms with Gasteiger partial charge in [-0.25, -0.2) is 4.39 Å². The molecule has 0 aliphatic carbocycles. The summed E-state index contributed by atoms with van der Waals surface area (Å²) in [5, 5.41) is 11.3. The first kappa shape index (κ1) is 22.5. The number of alkyl halides is 3. The van der Waals surface area contributed by atoms with Crippen LogP contribution in [0.3, 0.4) is 0 Å². The highest BCUT2D eigenvalue weighted by Gasteiger charge is 2.48. The van der Waals surface area contributed by atoms with Crippen molar-refractivity contribution >= 4 is 34.7 Å². The number of carbonyl (C=O) groups excluding carboxylic acids is 2. The van der Waals surface area contributed by atoms with Gasteiger partial charge in [-0.05, 0) is 48.5 Å². The van der Waals surface area contributed by atoms with Crippen LogP contribution < -0.4 is 4.90 Å².